The molecular formula is C13H24N2O. The van der Waals surface area contributed by atoms with Crippen LogP contribution in [-0.2, 0) is 4.79 Å². The van der Waals surface area contributed by atoms with Crippen molar-refractivity contribution < 1.29 is 4.79 Å². The van der Waals surface area contributed by atoms with Crippen LogP contribution < -0.4 is 5.32 Å². The number of amides is 1. The smallest absolute Gasteiger partial charge is 0.230 e. The number of carbonyl (C=O) groups is 1. The van der Waals surface area contributed by atoms with E-state index in [1.807, 2.05) is 0 Å². The molecule has 0 aromatic carbocycles. The van der Waals surface area contributed by atoms with Crippen molar-refractivity contribution >= 4 is 5.91 Å². The first-order chi connectivity index (χ1) is 7.78. The van der Waals surface area contributed by atoms with Crippen LogP contribution in [0.15, 0.2) is 0 Å². The SMILES string of the molecule is CCC1(C(=O)N2CCCCC2)CCCNC1. The molecule has 2 heterocycles. The van der Waals surface area contributed by atoms with Gasteiger partial charge >= 0.3 is 0 Å². The van der Waals surface area contributed by atoms with Crippen LogP contribution in [0.2, 0.25) is 0 Å². The van der Waals surface area contributed by atoms with Gasteiger partial charge in [-0.05, 0) is 45.1 Å². The first-order valence-corrected chi connectivity index (χ1v) is 6.79. The lowest BCUT2D eigenvalue weighted by molar-refractivity contribution is -0.144. The molecule has 2 aliphatic rings. The molecule has 2 saturated heterocycles. The Hall–Kier alpha value is -0.570. The van der Waals surface area contributed by atoms with Gasteiger partial charge in [0.05, 0.1) is 5.41 Å². The molecule has 1 N–H and O–H groups in total. The van der Waals surface area contributed by atoms with Crippen LogP contribution in [0.5, 0.6) is 0 Å². The molecule has 92 valence electrons. The third-order valence-corrected chi connectivity index (χ3v) is 4.25. The summed E-state index contributed by atoms with van der Waals surface area (Å²) < 4.78 is 0. The molecule has 3 nitrogen and oxygen atoms in total. The van der Waals surface area contributed by atoms with E-state index in [9.17, 15) is 4.79 Å². The highest BCUT2D eigenvalue weighted by molar-refractivity contribution is 5.83. The first kappa shape index (κ1) is 11.9. The van der Waals surface area contributed by atoms with E-state index in [-0.39, 0.29) is 5.41 Å². The van der Waals surface area contributed by atoms with E-state index in [0.29, 0.717) is 5.91 Å². The van der Waals surface area contributed by atoms with Crippen molar-refractivity contribution in [3.63, 3.8) is 0 Å². The third kappa shape index (κ3) is 2.24. The van der Waals surface area contributed by atoms with E-state index in [2.05, 4.69) is 17.1 Å². The van der Waals surface area contributed by atoms with Crippen molar-refractivity contribution in [2.75, 3.05) is 26.2 Å². The third-order valence-electron chi connectivity index (χ3n) is 4.25. The summed E-state index contributed by atoms with van der Waals surface area (Å²) in [4.78, 5) is 14.7. The van der Waals surface area contributed by atoms with E-state index in [1.165, 1.54) is 19.3 Å². The van der Waals surface area contributed by atoms with Crippen LogP contribution in [0.3, 0.4) is 0 Å². The molecule has 0 aromatic heterocycles. The second-order valence-corrected chi connectivity index (χ2v) is 5.27. The zero-order valence-electron chi connectivity index (χ0n) is 10.4. The molecule has 2 rings (SSSR count). The Morgan fingerprint density at radius 2 is 2.00 bits per heavy atom. The van der Waals surface area contributed by atoms with Gasteiger partial charge in [0.2, 0.25) is 5.91 Å². The van der Waals surface area contributed by atoms with Gasteiger partial charge in [0.25, 0.3) is 0 Å². The molecule has 1 amide bonds. The monoisotopic (exact) mass is 224 g/mol. The van der Waals surface area contributed by atoms with Crippen molar-refractivity contribution in [2.24, 2.45) is 5.41 Å². The van der Waals surface area contributed by atoms with Gasteiger partial charge in [0.1, 0.15) is 0 Å². The summed E-state index contributed by atoms with van der Waals surface area (Å²) in [6.07, 6.45) is 6.88. The maximum atomic E-state index is 12.6. The van der Waals surface area contributed by atoms with E-state index >= 15 is 0 Å². The molecule has 3 heteroatoms. The molecule has 0 radical (unpaired) electrons. The van der Waals surface area contributed by atoms with E-state index in [4.69, 9.17) is 0 Å². The summed E-state index contributed by atoms with van der Waals surface area (Å²) >= 11 is 0. The molecule has 0 spiro atoms. The number of likely N-dealkylation sites (tertiary alicyclic amines) is 1. The standard InChI is InChI=1S/C13H24N2O/c1-2-13(7-6-8-14-11-13)12(16)15-9-4-3-5-10-15/h14H,2-11H2,1H3. The molecule has 2 fully saturated rings. The van der Waals surface area contributed by atoms with Crippen LogP contribution in [0.1, 0.15) is 45.4 Å². The number of piperidine rings is 2. The predicted molar refractivity (Wildman–Crippen MR) is 65.3 cm³/mol. The minimum absolute atomic E-state index is 0.0877. The normalized spacial score (nSPS) is 31.4. The number of nitrogens with one attached hydrogen (secondary N) is 1. The van der Waals surface area contributed by atoms with Crippen LogP contribution in [0.4, 0.5) is 0 Å². The highest BCUT2D eigenvalue weighted by atomic mass is 16.2. The van der Waals surface area contributed by atoms with Gasteiger partial charge in [-0.2, -0.15) is 0 Å². The van der Waals surface area contributed by atoms with Crippen LogP contribution in [0.25, 0.3) is 0 Å². The summed E-state index contributed by atoms with van der Waals surface area (Å²) in [5.74, 6) is 0.418. The van der Waals surface area contributed by atoms with Crippen molar-refractivity contribution in [1.29, 1.82) is 0 Å². The van der Waals surface area contributed by atoms with Gasteiger partial charge in [-0.1, -0.05) is 6.92 Å². The van der Waals surface area contributed by atoms with Crippen LogP contribution in [-0.4, -0.2) is 37.0 Å². The summed E-state index contributed by atoms with van der Waals surface area (Å²) in [5.41, 5.74) is -0.0877. The average molecular weight is 224 g/mol. The fraction of sp³-hybridized carbons (Fsp3) is 0.923. The molecule has 16 heavy (non-hydrogen) atoms. The Morgan fingerprint density at radius 3 is 2.56 bits per heavy atom. The maximum Gasteiger partial charge on any atom is 0.230 e. The van der Waals surface area contributed by atoms with Gasteiger partial charge in [0, 0.05) is 19.6 Å². The predicted octanol–water partition coefficient (Wildman–Crippen LogP) is 1.78. The molecule has 1 unspecified atom stereocenters. The summed E-state index contributed by atoms with van der Waals surface area (Å²) in [6, 6.07) is 0. The Bertz CT molecular complexity index is 240. The van der Waals surface area contributed by atoms with Crippen molar-refractivity contribution in [1.82, 2.24) is 10.2 Å². The Balaban J connectivity index is 2.04. The highest BCUT2D eigenvalue weighted by Gasteiger charge is 2.40. The maximum absolute atomic E-state index is 12.6. The largest absolute Gasteiger partial charge is 0.342 e. The van der Waals surface area contributed by atoms with E-state index in [0.717, 1.165) is 45.4 Å². The van der Waals surface area contributed by atoms with Crippen LogP contribution >= 0.6 is 0 Å². The quantitative estimate of drug-likeness (QED) is 0.775. The number of carbonyl (C=O) groups excluding carboxylic acids is 1. The fourth-order valence-corrected chi connectivity index (χ4v) is 3.04. The molecule has 0 bridgehead atoms. The second kappa shape index (κ2) is 5.17. The summed E-state index contributed by atoms with van der Waals surface area (Å²) in [5, 5.41) is 3.40. The van der Waals surface area contributed by atoms with Gasteiger partial charge in [0.15, 0.2) is 0 Å². The number of hydrogen-bond acceptors (Lipinski definition) is 2. The van der Waals surface area contributed by atoms with Gasteiger partial charge in [-0.3, -0.25) is 4.79 Å². The zero-order valence-corrected chi connectivity index (χ0v) is 10.4. The highest BCUT2D eigenvalue weighted by Crippen LogP contribution is 2.33. The lowest BCUT2D eigenvalue weighted by Crippen LogP contribution is -2.52. The Labute approximate surface area is 98.6 Å². The molecule has 2 aliphatic heterocycles. The first-order valence-electron chi connectivity index (χ1n) is 6.79. The Kier molecular flexibility index (Phi) is 3.85. The van der Waals surface area contributed by atoms with Crippen LogP contribution in [0, 0.1) is 5.41 Å². The minimum atomic E-state index is -0.0877. The number of nitrogens with zero attached hydrogens (tertiary/aromatic N) is 1. The second-order valence-electron chi connectivity index (χ2n) is 5.27. The molecule has 0 aromatic rings. The van der Waals surface area contributed by atoms with E-state index in [1.54, 1.807) is 0 Å². The van der Waals surface area contributed by atoms with Gasteiger partial charge in [-0.25, -0.2) is 0 Å². The summed E-state index contributed by atoms with van der Waals surface area (Å²) in [6.45, 7) is 6.10. The lowest BCUT2D eigenvalue weighted by Gasteiger charge is -2.40. The molecule has 0 aliphatic carbocycles. The average Bonchev–Trinajstić information content (AvgIpc) is 2.39. The Morgan fingerprint density at radius 1 is 1.25 bits per heavy atom. The topological polar surface area (TPSA) is 32.3 Å². The zero-order chi connectivity index (χ0) is 11.4. The van der Waals surface area contributed by atoms with Gasteiger partial charge < -0.3 is 10.2 Å². The van der Waals surface area contributed by atoms with Crippen molar-refractivity contribution in [3.05, 3.63) is 0 Å². The number of rotatable bonds is 2. The fourth-order valence-electron chi connectivity index (χ4n) is 3.04. The van der Waals surface area contributed by atoms with Crippen molar-refractivity contribution in [2.45, 2.75) is 45.4 Å². The minimum Gasteiger partial charge on any atom is -0.342 e. The molecule has 0 saturated carbocycles. The number of hydrogen-bond donors (Lipinski definition) is 1. The molecular weight excluding hydrogens is 200 g/mol. The molecule has 1 atom stereocenters. The van der Waals surface area contributed by atoms with Gasteiger partial charge in [-0.15, -0.1) is 0 Å². The van der Waals surface area contributed by atoms with E-state index < -0.39 is 0 Å². The summed E-state index contributed by atoms with van der Waals surface area (Å²) in [7, 11) is 0. The van der Waals surface area contributed by atoms with Crippen molar-refractivity contribution in [3.8, 4) is 0 Å². The lowest BCUT2D eigenvalue weighted by atomic mass is 9.77.